The molecule has 0 aliphatic carbocycles. The summed E-state index contributed by atoms with van der Waals surface area (Å²) in [5.41, 5.74) is 0.929. The number of rotatable bonds is 12. The highest BCUT2D eigenvalue weighted by Gasteiger charge is 2.27. The third-order valence-electron chi connectivity index (χ3n) is 5.68. The van der Waals surface area contributed by atoms with Crippen LogP contribution < -0.4 is 5.32 Å². The first-order valence-electron chi connectivity index (χ1n) is 11.3. The molecule has 2 atom stereocenters. The van der Waals surface area contributed by atoms with E-state index in [0.717, 1.165) is 12.0 Å². The van der Waals surface area contributed by atoms with Crippen LogP contribution in [0.4, 0.5) is 0 Å². The first-order valence-corrected chi connectivity index (χ1v) is 12.8. The number of hydrogen-bond donors (Lipinski definition) is 1. The van der Waals surface area contributed by atoms with Gasteiger partial charge < -0.3 is 10.2 Å². The van der Waals surface area contributed by atoms with E-state index in [1.807, 2.05) is 44.2 Å². The molecule has 2 rings (SSSR count). The molecular formula is C25H35N3O4S. The second kappa shape index (κ2) is 12.5. The Morgan fingerprint density at radius 2 is 1.55 bits per heavy atom. The van der Waals surface area contributed by atoms with Gasteiger partial charge in [0.1, 0.15) is 6.04 Å². The van der Waals surface area contributed by atoms with Gasteiger partial charge in [-0.05, 0) is 44.4 Å². The summed E-state index contributed by atoms with van der Waals surface area (Å²) in [6, 6.07) is 17.1. The second-order valence-electron chi connectivity index (χ2n) is 8.24. The van der Waals surface area contributed by atoms with Gasteiger partial charge in [-0.2, -0.15) is 0 Å². The number of hydrogen-bond acceptors (Lipinski definition) is 4. The lowest BCUT2D eigenvalue weighted by Gasteiger charge is -2.30. The van der Waals surface area contributed by atoms with Crippen molar-refractivity contribution in [1.82, 2.24) is 14.5 Å². The summed E-state index contributed by atoms with van der Waals surface area (Å²) in [4.78, 5) is 27.6. The van der Waals surface area contributed by atoms with Crippen LogP contribution in [0, 0.1) is 0 Å². The van der Waals surface area contributed by atoms with Crippen LogP contribution in [0.2, 0.25) is 0 Å². The molecule has 2 amide bonds. The zero-order chi connectivity index (χ0) is 24.4. The lowest BCUT2D eigenvalue weighted by Crippen LogP contribution is -2.49. The van der Waals surface area contributed by atoms with Gasteiger partial charge in [0.2, 0.25) is 21.8 Å². The Morgan fingerprint density at radius 3 is 2.12 bits per heavy atom. The van der Waals surface area contributed by atoms with Gasteiger partial charge in [0.25, 0.3) is 0 Å². The predicted molar refractivity (Wildman–Crippen MR) is 130 cm³/mol. The number of nitrogens with one attached hydrogen (secondary N) is 1. The quantitative estimate of drug-likeness (QED) is 0.512. The third kappa shape index (κ3) is 7.68. The predicted octanol–water partition coefficient (Wildman–Crippen LogP) is 3.42. The minimum atomic E-state index is -3.61. The number of sulfonamides is 1. The van der Waals surface area contributed by atoms with Gasteiger partial charge in [0, 0.05) is 32.6 Å². The van der Waals surface area contributed by atoms with Gasteiger partial charge in [0.15, 0.2) is 0 Å². The van der Waals surface area contributed by atoms with Crippen LogP contribution in [0.1, 0.15) is 45.6 Å². The van der Waals surface area contributed by atoms with E-state index >= 15 is 0 Å². The zero-order valence-electron chi connectivity index (χ0n) is 19.9. The van der Waals surface area contributed by atoms with Crippen molar-refractivity contribution in [1.29, 1.82) is 0 Å². The van der Waals surface area contributed by atoms with Gasteiger partial charge in [-0.15, -0.1) is 0 Å². The van der Waals surface area contributed by atoms with Crippen molar-refractivity contribution in [2.75, 3.05) is 13.6 Å². The first-order chi connectivity index (χ1) is 15.7. The molecule has 0 heterocycles. The van der Waals surface area contributed by atoms with Crippen molar-refractivity contribution >= 4 is 21.8 Å². The van der Waals surface area contributed by atoms with E-state index in [0.29, 0.717) is 13.0 Å². The zero-order valence-corrected chi connectivity index (χ0v) is 20.7. The molecule has 0 fully saturated rings. The Hall–Kier alpha value is -2.71. The van der Waals surface area contributed by atoms with Gasteiger partial charge in [-0.25, -0.2) is 12.7 Å². The number of carbonyl (C=O) groups excluding carboxylic acids is 2. The molecule has 0 saturated carbocycles. The van der Waals surface area contributed by atoms with Crippen molar-refractivity contribution in [3.05, 3.63) is 66.2 Å². The van der Waals surface area contributed by atoms with Crippen molar-refractivity contribution in [3.8, 4) is 0 Å². The van der Waals surface area contributed by atoms with E-state index in [1.165, 1.54) is 11.4 Å². The highest BCUT2D eigenvalue weighted by Crippen LogP contribution is 2.16. The molecule has 0 aliphatic heterocycles. The van der Waals surface area contributed by atoms with Crippen LogP contribution in [0.3, 0.4) is 0 Å². The van der Waals surface area contributed by atoms with E-state index in [2.05, 4.69) is 5.32 Å². The fourth-order valence-corrected chi connectivity index (χ4v) is 4.55. The van der Waals surface area contributed by atoms with Crippen LogP contribution in [-0.2, 0) is 26.2 Å². The van der Waals surface area contributed by atoms with E-state index in [1.54, 1.807) is 42.2 Å². The largest absolute Gasteiger partial charge is 0.352 e. The van der Waals surface area contributed by atoms with Crippen LogP contribution in [0.5, 0.6) is 0 Å². The molecule has 8 heteroatoms. The average molecular weight is 474 g/mol. The van der Waals surface area contributed by atoms with Crippen LogP contribution in [0.15, 0.2) is 65.6 Å². The van der Waals surface area contributed by atoms with Crippen LogP contribution in [-0.4, -0.2) is 55.1 Å². The minimum Gasteiger partial charge on any atom is -0.352 e. The summed E-state index contributed by atoms with van der Waals surface area (Å²) in [5.74, 6) is -0.381. The molecule has 0 saturated heterocycles. The maximum Gasteiger partial charge on any atom is 0.242 e. The molecule has 180 valence electrons. The molecule has 0 radical (unpaired) electrons. The molecule has 2 aromatic rings. The third-order valence-corrected chi connectivity index (χ3v) is 7.55. The second-order valence-corrected chi connectivity index (χ2v) is 10.3. The Morgan fingerprint density at radius 1 is 0.970 bits per heavy atom. The van der Waals surface area contributed by atoms with Gasteiger partial charge in [-0.3, -0.25) is 9.59 Å². The van der Waals surface area contributed by atoms with Crippen LogP contribution >= 0.6 is 0 Å². The molecule has 0 aromatic heterocycles. The smallest absolute Gasteiger partial charge is 0.242 e. The maximum absolute atomic E-state index is 13.1. The number of nitrogens with zero attached hydrogens (tertiary/aromatic N) is 2. The van der Waals surface area contributed by atoms with Crippen molar-refractivity contribution in [3.63, 3.8) is 0 Å². The molecule has 7 nitrogen and oxygen atoms in total. The Bertz CT molecular complexity index is 997. The molecule has 33 heavy (non-hydrogen) atoms. The topological polar surface area (TPSA) is 86.8 Å². The monoisotopic (exact) mass is 473 g/mol. The Balaban J connectivity index is 2.05. The highest BCUT2D eigenvalue weighted by molar-refractivity contribution is 7.89. The lowest BCUT2D eigenvalue weighted by molar-refractivity contribution is -0.141. The summed E-state index contributed by atoms with van der Waals surface area (Å²) >= 11 is 0. The molecular weight excluding hydrogens is 438 g/mol. The number of benzene rings is 2. The fraction of sp³-hybridized carbons (Fsp3) is 0.440. The molecule has 2 aromatic carbocycles. The average Bonchev–Trinajstić information content (AvgIpc) is 2.82. The van der Waals surface area contributed by atoms with Gasteiger partial charge in [-0.1, -0.05) is 55.5 Å². The number of carbonyl (C=O) groups is 2. The molecule has 1 N–H and O–H groups in total. The summed E-state index contributed by atoms with van der Waals surface area (Å²) in [7, 11) is -2.10. The summed E-state index contributed by atoms with van der Waals surface area (Å²) in [6.45, 7) is 6.16. The summed E-state index contributed by atoms with van der Waals surface area (Å²) in [6.07, 6.45) is 1.29. The van der Waals surface area contributed by atoms with E-state index < -0.39 is 16.1 Å². The van der Waals surface area contributed by atoms with Gasteiger partial charge >= 0.3 is 0 Å². The minimum absolute atomic E-state index is 0.0190. The standard InChI is InChI=1S/C25H35N3O4S/c1-5-20(2)26-25(30)21(3)28(19-22-13-8-6-9-14-22)24(29)17-12-18-27(4)33(31,32)23-15-10-7-11-16-23/h6-11,13-16,20-21H,5,12,17-19H2,1-4H3,(H,26,30)/t20-,21-/m1/s1. The Kier molecular flexibility index (Phi) is 10.1. The first kappa shape index (κ1) is 26.5. The Labute approximate surface area is 197 Å². The molecule has 0 spiro atoms. The highest BCUT2D eigenvalue weighted by atomic mass is 32.2. The van der Waals surface area contributed by atoms with E-state index in [9.17, 15) is 18.0 Å². The maximum atomic E-state index is 13.1. The summed E-state index contributed by atoms with van der Waals surface area (Å²) in [5, 5.41) is 2.94. The van der Waals surface area contributed by atoms with Gasteiger partial charge in [0.05, 0.1) is 4.90 Å². The summed E-state index contributed by atoms with van der Waals surface area (Å²) < 4.78 is 26.6. The van der Waals surface area contributed by atoms with Crippen LogP contribution in [0.25, 0.3) is 0 Å². The van der Waals surface area contributed by atoms with Crippen molar-refractivity contribution in [2.24, 2.45) is 0 Å². The van der Waals surface area contributed by atoms with Crippen molar-refractivity contribution in [2.45, 2.75) is 63.6 Å². The molecule has 0 unspecified atom stereocenters. The van der Waals surface area contributed by atoms with E-state index in [-0.39, 0.29) is 35.7 Å². The SMILES string of the molecule is CC[C@@H](C)NC(=O)[C@@H](C)N(Cc1ccccc1)C(=O)CCCN(C)S(=O)(=O)c1ccccc1. The number of amides is 2. The normalized spacial score (nSPS) is 13.4. The van der Waals surface area contributed by atoms with Crippen molar-refractivity contribution < 1.29 is 18.0 Å². The lowest BCUT2D eigenvalue weighted by atomic mass is 10.1. The molecule has 0 bridgehead atoms. The molecule has 0 aliphatic rings. The van der Waals surface area contributed by atoms with E-state index in [4.69, 9.17) is 0 Å². The fourth-order valence-electron chi connectivity index (χ4n) is 3.32.